The number of phosphoric acid groups is 1. The van der Waals surface area contributed by atoms with Crippen LogP contribution >= 0.6 is 7.82 Å². The second kappa shape index (κ2) is 38.0. The average Bonchev–Trinajstić information content (AvgIpc) is 3.12. The maximum atomic E-state index is 12.7. The molecular weight excluding hydrogens is 695 g/mol. The van der Waals surface area contributed by atoms with Crippen molar-refractivity contribution in [3.05, 3.63) is 0 Å². The van der Waals surface area contributed by atoms with Gasteiger partial charge in [0.1, 0.15) is 13.2 Å². The molecule has 0 aromatic carbocycles. The Bertz CT molecular complexity index is 855. The Balaban J connectivity index is 3.97. The summed E-state index contributed by atoms with van der Waals surface area (Å²) >= 11 is 0. The normalized spacial score (nSPS) is 14.3. The largest absolute Gasteiger partial charge is 0.756 e. The molecule has 0 aliphatic rings. The smallest absolute Gasteiger partial charge is 0.268 e. The number of carbonyl (C=O) groups is 1. The van der Waals surface area contributed by atoms with E-state index in [0.717, 1.165) is 38.5 Å². The average molecular weight is 789 g/mol. The van der Waals surface area contributed by atoms with E-state index in [4.69, 9.17) is 9.05 Å². The van der Waals surface area contributed by atoms with E-state index in [1.54, 1.807) is 0 Å². The van der Waals surface area contributed by atoms with Crippen molar-refractivity contribution in [3.63, 3.8) is 0 Å². The third-order valence-corrected chi connectivity index (χ3v) is 11.8. The Morgan fingerprint density at radius 2 is 0.907 bits per heavy atom. The highest BCUT2D eigenvalue weighted by Crippen LogP contribution is 2.38. The number of phosphoric ester groups is 1. The maximum Gasteiger partial charge on any atom is 0.268 e. The summed E-state index contributed by atoms with van der Waals surface area (Å²) in [6, 6.07) is -0.791. The fraction of sp³-hybridized carbons (Fsp3) is 0.978. The predicted molar refractivity (Wildman–Crippen MR) is 229 cm³/mol. The molecule has 54 heavy (non-hydrogen) atoms. The monoisotopic (exact) mass is 789 g/mol. The Morgan fingerprint density at radius 3 is 1.26 bits per heavy atom. The molecule has 2 N–H and O–H groups in total. The van der Waals surface area contributed by atoms with Gasteiger partial charge in [-0.15, -0.1) is 0 Å². The van der Waals surface area contributed by atoms with Gasteiger partial charge in [0.15, 0.2) is 0 Å². The van der Waals surface area contributed by atoms with Gasteiger partial charge in [0, 0.05) is 6.42 Å². The highest BCUT2D eigenvalue weighted by molar-refractivity contribution is 7.45. The third-order valence-electron chi connectivity index (χ3n) is 10.8. The zero-order valence-corrected chi connectivity index (χ0v) is 37.6. The summed E-state index contributed by atoms with van der Waals surface area (Å²) in [5.74, 6) is -0.171. The van der Waals surface area contributed by atoms with Gasteiger partial charge in [-0.25, -0.2) is 0 Å². The minimum Gasteiger partial charge on any atom is -0.756 e. The van der Waals surface area contributed by atoms with E-state index < -0.39 is 20.0 Å². The molecule has 324 valence electrons. The number of unbranched alkanes of at least 4 members (excludes halogenated alkanes) is 30. The van der Waals surface area contributed by atoms with Gasteiger partial charge in [-0.05, 0) is 12.8 Å². The van der Waals surface area contributed by atoms with E-state index in [1.807, 2.05) is 21.1 Å². The Labute approximate surface area is 336 Å². The summed E-state index contributed by atoms with van der Waals surface area (Å²) in [6.45, 7) is 4.67. The molecule has 0 aromatic heterocycles. The van der Waals surface area contributed by atoms with E-state index in [0.29, 0.717) is 23.9 Å². The Kier molecular flexibility index (Phi) is 37.7. The number of aliphatic hydroxyl groups is 1. The number of likely N-dealkylation sites (N-methyl/N-ethyl adjacent to an activating group) is 1. The molecule has 0 heterocycles. The molecule has 0 aliphatic carbocycles. The zero-order valence-electron chi connectivity index (χ0n) is 36.7. The number of carbonyl (C=O) groups excluding carboxylic acids is 1. The van der Waals surface area contributed by atoms with E-state index >= 15 is 0 Å². The molecule has 1 amide bonds. The molecule has 8 nitrogen and oxygen atoms in total. The van der Waals surface area contributed by atoms with Crippen LogP contribution in [0.25, 0.3) is 0 Å². The Morgan fingerprint density at radius 1 is 0.574 bits per heavy atom. The minimum absolute atomic E-state index is 0.0154. The van der Waals surface area contributed by atoms with Gasteiger partial charge in [0.05, 0.1) is 39.9 Å². The van der Waals surface area contributed by atoms with Crippen LogP contribution in [0.4, 0.5) is 0 Å². The molecule has 3 atom stereocenters. The van der Waals surface area contributed by atoms with Gasteiger partial charge in [-0.1, -0.05) is 213 Å². The van der Waals surface area contributed by atoms with E-state index in [9.17, 15) is 19.4 Å². The van der Waals surface area contributed by atoms with Crippen LogP contribution in [-0.4, -0.2) is 68.5 Å². The van der Waals surface area contributed by atoms with Crippen molar-refractivity contribution >= 4 is 13.7 Å². The molecule has 0 saturated carbocycles. The first-order chi connectivity index (χ1) is 26.0. The minimum atomic E-state index is -4.55. The SMILES string of the molecule is CCCCCCCCCCCCCCCCCCCCCCCCCCCCC(O)C(COP(=O)([O-])OCC[N+](C)(C)C)NC(=O)CCCCCCCC. The molecule has 3 unspecified atom stereocenters. The third kappa shape index (κ3) is 39.7. The van der Waals surface area contributed by atoms with Crippen LogP contribution in [0.3, 0.4) is 0 Å². The molecule has 0 aromatic rings. The lowest BCUT2D eigenvalue weighted by Gasteiger charge is -2.30. The molecule has 0 fully saturated rings. The van der Waals surface area contributed by atoms with E-state index in [1.165, 1.54) is 167 Å². The van der Waals surface area contributed by atoms with Gasteiger partial charge in [-0.3, -0.25) is 9.36 Å². The van der Waals surface area contributed by atoms with Crippen molar-refractivity contribution in [2.45, 2.75) is 244 Å². The number of nitrogens with one attached hydrogen (secondary N) is 1. The van der Waals surface area contributed by atoms with Crippen molar-refractivity contribution in [3.8, 4) is 0 Å². The fourth-order valence-electron chi connectivity index (χ4n) is 7.10. The highest BCUT2D eigenvalue weighted by atomic mass is 31.2. The van der Waals surface area contributed by atoms with Gasteiger partial charge >= 0.3 is 0 Å². The van der Waals surface area contributed by atoms with E-state index in [2.05, 4.69) is 19.2 Å². The first kappa shape index (κ1) is 53.5. The van der Waals surface area contributed by atoms with Gasteiger partial charge in [0.25, 0.3) is 7.82 Å². The van der Waals surface area contributed by atoms with Crippen LogP contribution in [-0.2, 0) is 18.4 Å². The lowest BCUT2D eigenvalue weighted by atomic mass is 10.0. The van der Waals surface area contributed by atoms with Crippen LogP contribution in [0.15, 0.2) is 0 Å². The molecular formula is C45H93N2O6P. The van der Waals surface area contributed by atoms with Crippen molar-refractivity contribution in [2.24, 2.45) is 0 Å². The number of hydrogen-bond donors (Lipinski definition) is 2. The summed E-state index contributed by atoms with van der Waals surface area (Å²) < 4.78 is 23.1. The van der Waals surface area contributed by atoms with Crippen LogP contribution < -0.4 is 10.2 Å². The summed E-state index contributed by atoms with van der Waals surface area (Å²) in [5.41, 5.74) is 0. The van der Waals surface area contributed by atoms with Gasteiger partial charge in [-0.2, -0.15) is 0 Å². The second-order valence-electron chi connectivity index (χ2n) is 17.5. The van der Waals surface area contributed by atoms with Crippen molar-refractivity contribution in [1.29, 1.82) is 0 Å². The first-order valence-corrected chi connectivity index (χ1v) is 24.8. The highest BCUT2D eigenvalue weighted by Gasteiger charge is 2.24. The lowest BCUT2D eigenvalue weighted by molar-refractivity contribution is -0.870. The summed E-state index contributed by atoms with van der Waals surface area (Å²) in [5, 5.41) is 13.8. The summed E-state index contributed by atoms with van der Waals surface area (Å²) in [4.78, 5) is 25.1. The van der Waals surface area contributed by atoms with Crippen LogP contribution in [0.2, 0.25) is 0 Å². The number of amides is 1. The first-order valence-electron chi connectivity index (χ1n) is 23.4. The predicted octanol–water partition coefficient (Wildman–Crippen LogP) is 12.3. The molecule has 0 rings (SSSR count). The molecule has 9 heteroatoms. The quantitative estimate of drug-likeness (QED) is 0.0362. The number of nitrogens with zero attached hydrogens (tertiary/aromatic N) is 1. The van der Waals surface area contributed by atoms with Gasteiger partial charge < -0.3 is 28.8 Å². The molecule has 0 radical (unpaired) electrons. The van der Waals surface area contributed by atoms with E-state index in [-0.39, 0.29) is 19.1 Å². The molecule has 0 saturated heterocycles. The maximum absolute atomic E-state index is 12.7. The number of rotatable bonds is 43. The Hall–Kier alpha value is -0.500. The number of hydrogen-bond acceptors (Lipinski definition) is 6. The van der Waals surface area contributed by atoms with Crippen molar-refractivity contribution in [1.82, 2.24) is 5.32 Å². The molecule has 0 spiro atoms. The number of aliphatic hydroxyl groups excluding tert-OH is 1. The second-order valence-corrected chi connectivity index (χ2v) is 18.9. The number of quaternary nitrogens is 1. The van der Waals surface area contributed by atoms with Crippen LogP contribution in [0.1, 0.15) is 232 Å². The lowest BCUT2D eigenvalue weighted by Crippen LogP contribution is -2.46. The summed E-state index contributed by atoms with van der Waals surface area (Å²) in [6.07, 6.45) is 41.6. The van der Waals surface area contributed by atoms with Crippen LogP contribution in [0, 0.1) is 0 Å². The van der Waals surface area contributed by atoms with Gasteiger partial charge in [0.2, 0.25) is 5.91 Å². The standard InChI is InChI=1S/C45H93N2O6P/c1-6-8-10-12-14-15-16-17-18-19-20-21-22-23-24-25-26-27-28-29-30-31-32-33-34-36-38-44(48)43(46-45(49)39-37-35-13-11-9-7-2)42-53-54(50,51)52-41-40-47(3,4)5/h43-44,48H,6-42H2,1-5H3,(H-,46,49,50,51). The van der Waals surface area contributed by atoms with Crippen LogP contribution in [0.5, 0.6) is 0 Å². The molecule has 0 aliphatic heterocycles. The summed E-state index contributed by atoms with van der Waals surface area (Å²) in [7, 11) is 1.31. The van der Waals surface area contributed by atoms with Crippen molar-refractivity contribution in [2.75, 3.05) is 40.9 Å². The fourth-order valence-corrected chi connectivity index (χ4v) is 7.82. The topological polar surface area (TPSA) is 108 Å². The van der Waals surface area contributed by atoms with Crippen molar-refractivity contribution < 1.29 is 32.9 Å². The molecule has 0 bridgehead atoms. The zero-order chi connectivity index (χ0) is 40.0.